The molecule has 0 aliphatic carbocycles. The Kier molecular flexibility index (Phi) is 6.23. The molecular formula is C21H25N2O2+. The number of nitrogens with one attached hydrogen (secondary N) is 1. The van der Waals surface area contributed by atoms with Gasteiger partial charge in [-0.25, -0.2) is 0 Å². The Balaban J connectivity index is 1.38. The van der Waals surface area contributed by atoms with Crippen LogP contribution in [0, 0.1) is 0 Å². The average Bonchev–Trinajstić information content (AvgIpc) is 2.68. The van der Waals surface area contributed by atoms with Gasteiger partial charge in [-0.3, -0.25) is 4.79 Å². The van der Waals surface area contributed by atoms with Gasteiger partial charge >= 0.3 is 0 Å². The summed E-state index contributed by atoms with van der Waals surface area (Å²) in [5, 5.41) is 0. The summed E-state index contributed by atoms with van der Waals surface area (Å²) in [6.45, 7) is 4.67. The molecular weight excluding hydrogens is 312 g/mol. The second kappa shape index (κ2) is 9.04. The third-order valence-corrected chi connectivity index (χ3v) is 4.45. The molecule has 1 saturated heterocycles. The van der Waals surface area contributed by atoms with E-state index >= 15 is 0 Å². The first kappa shape index (κ1) is 17.2. The number of hydrogen-bond donors (Lipinski definition) is 1. The molecule has 0 radical (unpaired) electrons. The van der Waals surface area contributed by atoms with Crippen molar-refractivity contribution in [3.8, 4) is 5.75 Å². The van der Waals surface area contributed by atoms with E-state index in [1.165, 1.54) is 10.5 Å². The van der Waals surface area contributed by atoms with Crippen LogP contribution in [0.25, 0.3) is 6.08 Å². The number of ether oxygens (including phenoxy) is 1. The van der Waals surface area contributed by atoms with Crippen LogP contribution in [-0.2, 0) is 4.79 Å². The second-order valence-corrected chi connectivity index (χ2v) is 6.25. The lowest BCUT2D eigenvalue weighted by Crippen LogP contribution is -3.14. The fourth-order valence-electron chi connectivity index (χ4n) is 2.96. The van der Waals surface area contributed by atoms with Gasteiger partial charge < -0.3 is 14.5 Å². The summed E-state index contributed by atoms with van der Waals surface area (Å²) >= 11 is 0. The Bertz CT molecular complexity index is 678. The quantitative estimate of drug-likeness (QED) is 0.867. The zero-order valence-corrected chi connectivity index (χ0v) is 14.4. The van der Waals surface area contributed by atoms with Crippen molar-refractivity contribution >= 4 is 12.0 Å². The molecule has 1 aliphatic heterocycles. The van der Waals surface area contributed by atoms with Crippen LogP contribution in [0.3, 0.4) is 0 Å². The highest BCUT2D eigenvalue weighted by Crippen LogP contribution is 2.08. The first-order valence-corrected chi connectivity index (χ1v) is 8.82. The lowest BCUT2D eigenvalue weighted by Gasteiger charge is -2.31. The summed E-state index contributed by atoms with van der Waals surface area (Å²) in [5.74, 6) is 0.814. The van der Waals surface area contributed by atoms with Gasteiger partial charge in [0.2, 0.25) is 0 Å². The first-order chi connectivity index (χ1) is 12.3. The Morgan fingerprint density at radius 2 is 1.64 bits per heavy atom. The van der Waals surface area contributed by atoms with Crippen molar-refractivity contribution in [3.63, 3.8) is 0 Å². The molecule has 2 aromatic rings. The Morgan fingerprint density at radius 1 is 1.00 bits per heavy atom. The Labute approximate surface area is 149 Å². The summed E-state index contributed by atoms with van der Waals surface area (Å²) < 4.78 is 5.55. The molecule has 130 valence electrons. The van der Waals surface area contributed by atoms with Crippen molar-refractivity contribution in [2.75, 3.05) is 39.3 Å². The number of quaternary nitrogens is 1. The summed E-state index contributed by atoms with van der Waals surface area (Å²) in [5.41, 5.74) is 1.23. The highest BCUT2D eigenvalue weighted by atomic mass is 16.5. The van der Waals surface area contributed by atoms with Gasteiger partial charge in [0.15, 0.2) is 6.61 Å². The highest BCUT2D eigenvalue weighted by Gasteiger charge is 2.23. The molecule has 2 aromatic carbocycles. The van der Waals surface area contributed by atoms with Gasteiger partial charge in [0.25, 0.3) is 5.91 Å². The van der Waals surface area contributed by atoms with Crippen LogP contribution in [0.15, 0.2) is 66.7 Å². The molecule has 1 fully saturated rings. The van der Waals surface area contributed by atoms with Crippen molar-refractivity contribution in [1.82, 2.24) is 4.90 Å². The molecule has 4 nitrogen and oxygen atoms in total. The van der Waals surface area contributed by atoms with E-state index in [0.717, 1.165) is 38.5 Å². The van der Waals surface area contributed by atoms with E-state index < -0.39 is 0 Å². The van der Waals surface area contributed by atoms with Crippen LogP contribution in [0.2, 0.25) is 0 Å². The molecule has 0 bridgehead atoms. The topological polar surface area (TPSA) is 34.0 Å². The number of rotatable bonds is 6. The largest absolute Gasteiger partial charge is 0.484 e. The molecule has 0 saturated carbocycles. The van der Waals surface area contributed by atoms with E-state index in [2.05, 4.69) is 36.4 Å². The molecule has 3 rings (SSSR count). The zero-order valence-electron chi connectivity index (χ0n) is 14.4. The number of hydrogen-bond acceptors (Lipinski definition) is 2. The van der Waals surface area contributed by atoms with Crippen molar-refractivity contribution < 1.29 is 14.4 Å². The fourth-order valence-corrected chi connectivity index (χ4v) is 2.96. The van der Waals surface area contributed by atoms with Crippen molar-refractivity contribution in [2.45, 2.75) is 0 Å². The molecule has 4 heteroatoms. The molecule has 1 aliphatic rings. The maximum Gasteiger partial charge on any atom is 0.260 e. The molecule has 25 heavy (non-hydrogen) atoms. The zero-order chi connectivity index (χ0) is 17.3. The number of nitrogens with zero attached hydrogens (tertiary/aromatic N) is 1. The smallest absolute Gasteiger partial charge is 0.260 e. The highest BCUT2D eigenvalue weighted by molar-refractivity contribution is 5.77. The van der Waals surface area contributed by atoms with Crippen LogP contribution in [0.4, 0.5) is 0 Å². The van der Waals surface area contributed by atoms with Gasteiger partial charge in [0.05, 0.1) is 32.7 Å². The monoisotopic (exact) mass is 337 g/mol. The SMILES string of the molecule is O=C(COc1ccccc1)N1CC[NH+](C/C=C/c2ccccc2)CC1. The molecule has 1 amide bonds. The van der Waals surface area contributed by atoms with Crippen LogP contribution >= 0.6 is 0 Å². The van der Waals surface area contributed by atoms with Gasteiger partial charge in [-0.05, 0) is 23.8 Å². The van der Waals surface area contributed by atoms with Gasteiger partial charge in [-0.2, -0.15) is 0 Å². The van der Waals surface area contributed by atoms with E-state index in [1.807, 2.05) is 41.3 Å². The molecule has 1 N–H and O–H groups in total. The summed E-state index contributed by atoms with van der Waals surface area (Å²) in [4.78, 5) is 15.7. The number of carbonyl (C=O) groups is 1. The Morgan fingerprint density at radius 3 is 2.32 bits per heavy atom. The first-order valence-electron chi connectivity index (χ1n) is 8.82. The maximum absolute atomic E-state index is 12.3. The number of carbonyl (C=O) groups excluding carboxylic acids is 1. The van der Waals surface area contributed by atoms with Gasteiger partial charge in [-0.15, -0.1) is 0 Å². The lowest BCUT2D eigenvalue weighted by atomic mass is 10.2. The van der Waals surface area contributed by atoms with Crippen LogP contribution in [0.1, 0.15) is 5.56 Å². The van der Waals surface area contributed by atoms with Gasteiger partial charge in [0, 0.05) is 0 Å². The van der Waals surface area contributed by atoms with E-state index in [9.17, 15) is 4.79 Å². The fraction of sp³-hybridized carbons (Fsp3) is 0.286. The van der Waals surface area contributed by atoms with Gasteiger partial charge in [-0.1, -0.05) is 54.6 Å². The van der Waals surface area contributed by atoms with E-state index in [-0.39, 0.29) is 12.5 Å². The molecule has 0 spiro atoms. The van der Waals surface area contributed by atoms with Crippen LogP contribution in [-0.4, -0.2) is 50.1 Å². The van der Waals surface area contributed by atoms with Gasteiger partial charge in [0.1, 0.15) is 5.75 Å². The van der Waals surface area contributed by atoms with Crippen molar-refractivity contribution in [1.29, 1.82) is 0 Å². The van der Waals surface area contributed by atoms with Crippen molar-refractivity contribution in [2.24, 2.45) is 0 Å². The number of para-hydroxylation sites is 1. The number of benzene rings is 2. The standard InChI is InChI=1S/C21H24N2O2/c24-21(18-25-20-11-5-2-6-12-20)23-16-14-22(15-17-23)13-7-10-19-8-3-1-4-9-19/h1-12H,13-18H2/p+1/b10-7+. The third kappa shape index (κ3) is 5.47. The summed E-state index contributed by atoms with van der Waals surface area (Å²) in [7, 11) is 0. The lowest BCUT2D eigenvalue weighted by molar-refractivity contribution is -0.898. The van der Waals surface area contributed by atoms with Crippen LogP contribution < -0.4 is 9.64 Å². The normalized spacial score (nSPS) is 15.4. The van der Waals surface area contributed by atoms with Crippen molar-refractivity contribution in [3.05, 3.63) is 72.3 Å². The molecule has 1 heterocycles. The van der Waals surface area contributed by atoms with E-state index in [1.54, 1.807) is 0 Å². The second-order valence-electron chi connectivity index (χ2n) is 6.25. The predicted molar refractivity (Wildman–Crippen MR) is 99.6 cm³/mol. The minimum atomic E-state index is 0.0720. The minimum absolute atomic E-state index is 0.0720. The predicted octanol–water partition coefficient (Wildman–Crippen LogP) is 1.51. The number of amides is 1. The van der Waals surface area contributed by atoms with Crippen LogP contribution in [0.5, 0.6) is 5.75 Å². The average molecular weight is 337 g/mol. The Hall–Kier alpha value is -2.59. The van der Waals surface area contributed by atoms with E-state index in [0.29, 0.717) is 0 Å². The minimum Gasteiger partial charge on any atom is -0.484 e. The van der Waals surface area contributed by atoms with E-state index in [4.69, 9.17) is 4.74 Å². The summed E-state index contributed by atoms with van der Waals surface area (Å²) in [6.07, 6.45) is 4.39. The molecule has 0 atom stereocenters. The molecule has 0 unspecified atom stereocenters. The summed E-state index contributed by atoms with van der Waals surface area (Å²) in [6, 6.07) is 19.8. The molecule has 0 aromatic heterocycles. The third-order valence-electron chi connectivity index (χ3n) is 4.45. The maximum atomic E-state index is 12.3. The number of piperazine rings is 1.